The molecule has 3 heterocycles. The van der Waals surface area contributed by atoms with Crippen LogP contribution in [0.25, 0.3) is 11.0 Å². The lowest BCUT2D eigenvalue weighted by atomic mass is 9.84. The molecule has 1 aliphatic heterocycles. The molecule has 2 aromatic heterocycles. The van der Waals surface area contributed by atoms with E-state index >= 15 is 4.39 Å². The molecule has 1 aromatic carbocycles. The van der Waals surface area contributed by atoms with Gasteiger partial charge in [0.15, 0.2) is 23.7 Å². The molecule has 1 saturated carbocycles. The van der Waals surface area contributed by atoms with E-state index in [0.29, 0.717) is 34.3 Å². The Morgan fingerprint density at radius 1 is 1.35 bits per heavy atom. The molecular formula is C24H20F4N6O2S. The fourth-order valence-electron chi connectivity index (χ4n) is 4.79. The number of rotatable bonds is 6. The number of hydrogen-bond acceptors (Lipinski definition) is 9. The standard InChI is InChI=1S/C24H20F4N6O2S/c1-3-8-36-17-11-31-18-15(33-17)6-7-30-19(18)32-12-4-5-14(25)13(9-12)22(2)16-10-23(16,37-21(29)34-22)20(35)24(26,27)28/h1,4-7,9,11,16,20,35H,8,10H2,2H3,(H2,29,34)(H,30,32)/t16-,20+,22-,23+/m1/s1. The number of pyridine rings is 1. The summed E-state index contributed by atoms with van der Waals surface area (Å²) in [6.07, 6.45) is 0.578. The second kappa shape index (κ2) is 8.74. The summed E-state index contributed by atoms with van der Waals surface area (Å²) in [5, 5.41) is 13.0. The molecule has 192 valence electrons. The number of nitrogens with one attached hydrogen (secondary N) is 1. The summed E-state index contributed by atoms with van der Waals surface area (Å²) in [5.41, 5.74) is 5.76. The number of aliphatic hydroxyl groups is 1. The Hall–Kier alpha value is -3.63. The molecule has 0 unspecified atom stereocenters. The Morgan fingerprint density at radius 2 is 2.14 bits per heavy atom. The fraction of sp³-hybridized carbons (Fsp3) is 0.333. The number of thioether (sulfide) groups is 1. The van der Waals surface area contributed by atoms with Gasteiger partial charge >= 0.3 is 6.18 Å². The summed E-state index contributed by atoms with van der Waals surface area (Å²) in [5.74, 6) is 1.43. The summed E-state index contributed by atoms with van der Waals surface area (Å²) in [7, 11) is 0. The van der Waals surface area contributed by atoms with Crippen molar-refractivity contribution >= 4 is 39.5 Å². The molecule has 0 amide bonds. The second-order valence-electron chi connectivity index (χ2n) is 8.90. The van der Waals surface area contributed by atoms with E-state index in [1.54, 1.807) is 6.07 Å². The summed E-state index contributed by atoms with van der Waals surface area (Å²) < 4.78 is 59.1. The van der Waals surface area contributed by atoms with Crippen LogP contribution in [0.1, 0.15) is 18.9 Å². The number of nitrogens with two attached hydrogens (primary N) is 1. The van der Waals surface area contributed by atoms with Gasteiger partial charge in [-0.3, -0.25) is 4.99 Å². The van der Waals surface area contributed by atoms with Crippen LogP contribution in [0.3, 0.4) is 0 Å². The average molecular weight is 533 g/mol. The van der Waals surface area contributed by atoms with Gasteiger partial charge in [0, 0.05) is 23.4 Å². The molecule has 8 nitrogen and oxygen atoms in total. The summed E-state index contributed by atoms with van der Waals surface area (Å²) in [6, 6.07) is 5.71. The van der Waals surface area contributed by atoms with Gasteiger partial charge in [-0.25, -0.2) is 19.3 Å². The average Bonchev–Trinajstić information content (AvgIpc) is 3.59. The van der Waals surface area contributed by atoms with Crippen LogP contribution in [0.5, 0.6) is 5.88 Å². The first-order chi connectivity index (χ1) is 17.5. The Bertz CT molecular complexity index is 1460. The van der Waals surface area contributed by atoms with Crippen LogP contribution < -0.4 is 15.8 Å². The molecule has 0 radical (unpaired) electrons. The zero-order valence-corrected chi connectivity index (χ0v) is 20.1. The quantitative estimate of drug-likeness (QED) is 0.323. The lowest BCUT2D eigenvalue weighted by Gasteiger charge is -2.36. The van der Waals surface area contributed by atoms with Crippen molar-refractivity contribution in [2.45, 2.75) is 35.9 Å². The topological polar surface area (TPSA) is 119 Å². The summed E-state index contributed by atoms with van der Waals surface area (Å²) in [4.78, 5) is 17.3. The Labute approximate surface area is 212 Å². The number of fused-ring (bicyclic) bond motifs is 2. The Balaban J connectivity index is 1.49. The van der Waals surface area contributed by atoms with Gasteiger partial charge in [-0.1, -0.05) is 17.7 Å². The Kier molecular flexibility index (Phi) is 5.91. The normalized spacial score (nSPS) is 25.5. The van der Waals surface area contributed by atoms with Crippen LogP contribution in [0, 0.1) is 24.1 Å². The number of aliphatic hydroxyl groups excluding tert-OH is 1. The zero-order chi connectivity index (χ0) is 26.6. The molecule has 1 fully saturated rings. The lowest BCUT2D eigenvalue weighted by Crippen LogP contribution is -2.47. The van der Waals surface area contributed by atoms with E-state index in [-0.39, 0.29) is 29.6 Å². The predicted octanol–water partition coefficient (Wildman–Crippen LogP) is 3.88. The highest BCUT2D eigenvalue weighted by atomic mass is 32.2. The smallest absolute Gasteiger partial charge is 0.415 e. The van der Waals surface area contributed by atoms with Gasteiger partial charge in [-0.15, -0.1) is 6.42 Å². The van der Waals surface area contributed by atoms with E-state index < -0.39 is 34.3 Å². The first kappa shape index (κ1) is 25.0. The number of nitrogens with zero attached hydrogens (tertiary/aromatic N) is 4. The van der Waals surface area contributed by atoms with Gasteiger partial charge < -0.3 is 20.9 Å². The van der Waals surface area contributed by atoms with Crippen LogP contribution in [0.4, 0.5) is 29.1 Å². The van der Waals surface area contributed by atoms with Gasteiger partial charge in [0.1, 0.15) is 11.3 Å². The number of alkyl halides is 3. The van der Waals surface area contributed by atoms with Crippen LogP contribution >= 0.6 is 11.8 Å². The van der Waals surface area contributed by atoms with Gasteiger partial charge in [0.25, 0.3) is 0 Å². The number of terminal acetylenes is 1. The minimum atomic E-state index is -4.85. The van der Waals surface area contributed by atoms with Crippen molar-refractivity contribution in [2.24, 2.45) is 16.6 Å². The number of halogens is 4. The van der Waals surface area contributed by atoms with Gasteiger partial charge in [0.05, 0.1) is 22.0 Å². The van der Waals surface area contributed by atoms with Gasteiger partial charge in [-0.2, -0.15) is 13.2 Å². The predicted molar refractivity (Wildman–Crippen MR) is 131 cm³/mol. The van der Waals surface area contributed by atoms with Crippen molar-refractivity contribution < 1.29 is 27.4 Å². The van der Waals surface area contributed by atoms with Crippen molar-refractivity contribution in [1.29, 1.82) is 0 Å². The van der Waals surface area contributed by atoms with E-state index in [0.717, 1.165) is 0 Å². The molecule has 0 bridgehead atoms. The maximum Gasteiger partial charge on any atom is 0.415 e. The molecule has 2 aliphatic rings. The molecule has 5 rings (SSSR count). The first-order valence-electron chi connectivity index (χ1n) is 11.0. The van der Waals surface area contributed by atoms with E-state index in [9.17, 15) is 18.3 Å². The van der Waals surface area contributed by atoms with Crippen molar-refractivity contribution in [2.75, 3.05) is 11.9 Å². The SMILES string of the molecule is C#CCOc1cnc2c(Nc3ccc(F)c([C@@]4(C)N=C(N)S[C@@]5([C@H](O)C(F)(F)F)C[C@@H]54)c3)nccc2n1. The van der Waals surface area contributed by atoms with E-state index in [1.807, 2.05) is 0 Å². The Morgan fingerprint density at radius 3 is 2.86 bits per heavy atom. The summed E-state index contributed by atoms with van der Waals surface area (Å²) in [6.45, 7) is 1.55. The number of aliphatic imine (C=N–C) groups is 1. The third kappa shape index (κ3) is 4.30. The number of amidine groups is 1. The van der Waals surface area contributed by atoms with Crippen LogP contribution in [0.2, 0.25) is 0 Å². The maximum atomic E-state index is 15.1. The zero-order valence-electron chi connectivity index (χ0n) is 19.3. The van der Waals surface area contributed by atoms with E-state index in [1.165, 1.54) is 37.5 Å². The third-order valence-corrected chi connectivity index (χ3v) is 7.91. The van der Waals surface area contributed by atoms with Gasteiger partial charge in [-0.05, 0) is 37.6 Å². The van der Waals surface area contributed by atoms with Crippen LogP contribution in [0.15, 0.2) is 41.7 Å². The number of benzene rings is 1. The number of ether oxygens (including phenoxy) is 1. The van der Waals surface area contributed by atoms with Gasteiger partial charge in [0.2, 0.25) is 5.88 Å². The minimum absolute atomic E-state index is 0.0271. The highest BCUT2D eigenvalue weighted by Gasteiger charge is 2.74. The molecule has 0 spiro atoms. The van der Waals surface area contributed by atoms with E-state index in [2.05, 4.69) is 31.2 Å². The first-order valence-corrected chi connectivity index (χ1v) is 11.8. The number of aromatic nitrogens is 3. The lowest BCUT2D eigenvalue weighted by molar-refractivity contribution is -0.207. The molecular weight excluding hydrogens is 512 g/mol. The van der Waals surface area contributed by atoms with Crippen molar-refractivity contribution in [3.63, 3.8) is 0 Å². The van der Waals surface area contributed by atoms with Crippen molar-refractivity contribution in [1.82, 2.24) is 15.0 Å². The van der Waals surface area contributed by atoms with Crippen LogP contribution in [-0.4, -0.2) is 48.9 Å². The molecule has 4 atom stereocenters. The second-order valence-corrected chi connectivity index (χ2v) is 10.3. The monoisotopic (exact) mass is 532 g/mol. The van der Waals surface area contributed by atoms with Crippen LogP contribution in [-0.2, 0) is 5.54 Å². The highest BCUT2D eigenvalue weighted by Crippen LogP contribution is 2.68. The molecule has 37 heavy (non-hydrogen) atoms. The molecule has 1 aliphatic carbocycles. The minimum Gasteiger partial charge on any atom is -0.463 e. The largest absolute Gasteiger partial charge is 0.463 e. The van der Waals surface area contributed by atoms with Crippen molar-refractivity contribution in [3.05, 3.63) is 48.0 Å². The maximum absolute atomic E-state index is 15.1. The van der Waals surface area contributed by atoms with Crippen molar-refractivity contribution in [3.8, 4) is 18.2 Å². The third-order valence-electron chi connectivity index (χ3n) is 6.56. The molecule has 3 aromatic rings. The molecule has 0 saturated heterocycles. The molecule has 13 heteroatoms. The summed E-state index contributed by atoms with van der Waals surface area (Å²) >= 11 is 0.688. The number of anilines is 2. The molecule has 4 N–H and O–H groups in total. The number of hydrogen-bond donors (Lipinski definition) is 3. The highest BCUT2D eigenvalue weighted by molar-refractivity contribution is 8.15. The van der Waals surface area contributed by atoms with E-state index in [4.69, 9.17) is 16.9 Å². The fourth-order valence-corrected chi connectivity index (χ4v) is 6.28.